The van der Waals surface area contributed by atoms with E-state index in [1.54, 1.807) is 0 Å². The normalized spacial score (nSPS) is 32.7. The molecule has 86 valence electrons. The fourth-order valence-electron chi connectivity index (χ4n) is 2.13. The van der Waals surface area contributed by atoms with E-state index in [1.807, 2.05) is 6.92 Å². The molecule has 0 spiro atoms. The van der Waals surface area contributed by atoms with Gasteiger partial charge in [0.05, 0.1) is 6.10 Å². The van der Waals surface area contributed by atoms with Gasteiger partial charge >= 0.3 is 0 Å². The molecule has 15 heavy (non-hydrogen) atoms. The van der Waals surface area contributed by atoms with Gasteiger partial charge in [0.15, 0.2) is 0 Å². The van der Waals surface area contributed by atoms with Crippen molar-refractivity contribution in [2.75, 3.05) is 19.6 Å². The number of hydrogen-bond donors (Lipinski definition) is 3. The van der Waals surface area contributed by atoms with Crippen LogP contribution in [0.1, 0.15) is 19.8 Å². The molecular weight excluding hydrogens is 192 g/mol. The van der Waals surface area contributed by atoms with Gasteiger partial charge in [0.1, 0.15) is 0 Å². The van der Waals surface area contributed by atoms with Crippen LogP contribution in [0, 0.1) is 17.8 Å². The van der Waals surface area contributed by atoms with Crippen molar-refractivity contribution in [1.82, 2.24) is 10.6 Å². The third-order valence-corrected chi connectivity index (χ3v) is 3.59. The Balaban J connectivity index is 1.70. The molecule has 4 nitrogen and oxygen atoms in total. The highest BCUT2D eigenvalue weighted by atomic mass is 16.3. The van der Waals surface area contributed by atoms with E-state index in [-0.39, 0.29) is 23.8 Å². The molecule has 3 unspecified atom stereocenters. The Kier molecular flexibility index (Phi) is 3.26. The van der Waals surface area contributed by atoms with Crippen molar-refractivity contribution >= 4 is 5.91 Å². The SMILES string of the molecule is CC(C(=O)NCC1CNCC1O)C1CC1. The number of carbonyl (C=O) groups excluding carboxylic acids is 1. The average Bonchev–Trinajstić information content (AvgIpc) is 2.99. The second-order valence-corrected chi connectivity index (χ2v) is 4.86. The van der Waals surface area contributed by atoms with Crippen LogP contribution < -0.4 is 10.6 Å². The predicted octanol–water partition coefficient (Wildman–Crippen LogP) is -0.271. The average molecular weight is 212 g/mol. The predicted molar refractivity (Wildman–Crippen MR) is 57.3 cm³/mol. The minimum absolute atomic E-state index is 0.150. The van der Waals surface area contributed by atoms with Gasteiger partial charge in [-0.1, -0.05) is 6.92 Å². The third-order valence-electron chi connectivity index (χ3n) is 3.59. The van der Waals surface area contributed by atoms with E-state index in [9.17, 15) is 9.90 Å². The van der Waals surface area contributed by atoms with E-state index >= 15 is 0 Å². The molecule has 0 aromatic carbocycles. The molecule has 0 bridgehead atoms. The summed E-state index contributed by atoms with van der Waals surface area (Å²) in [6.07, 6.45) is 2.09. The summed E-state index contributed by atoms with van der Waals surface area (Å²) >= 11 is 0. The number of β-amino-alcohol motifs (C(OH)–C–C–N with tert-alkyl or cyclic N) is 1. The van der Waals surface area contributed by atoms with E-state index in [1.165, 1.54) is 12.8 Å². The number of nitrogens with one attached hydrogen (secondary N) is 2. The first-order chi connectivity index (χ1) is 7.18. The largest absolute Gasteiger partial charge is 0.391 e. The van der Waals surface area contributed by atoms with Gasteiger partial charge in [0.25, 0.3) is 0 Å². The van der Waals surface area contributed by atoms with Crippen molar-refractivity contribution in [3.63, 3.8) is 0 Å². The van der Waals surface area contributed by atoms with Gasteiger partial charge < -0.3 is 15.7 Å². The lowest BCUT2D eigenvalue weighted by atomic mass is 10.0. The van der Waals surface area contributed by atoms with E-state index in [2.05, 4.69) is 10.6 Å². The number of hydrogen-bond acceptors (Lipinski definition) is 3. The van der Waals surface area contributed by atoms with Crippen molar-refractivity contribution in [2.24, 2.45) is 17.8 Å². The van der Waals surface area contributed by atoms with Crippen LogP contribution in [0.3, 0.4) is 0 Å². The van der Waals surface area contributed by atoms with E-state index < -0.39 is 0 Å². The van der Waals surface area contributed by atoms with Gasteiger partial charge in [-0.3, -0.25) is 4.79 Å². The van der Waals surface area contributed by atoms with Crippen molar-refractivity contribution in [1.29, 1.82) is 0 Å². The van der Waals surface area contributed by atoms with Gasteiger partial charge in [0, 0.05) is 31.5 Å². The van der Waals surface area contributed by atoms with Crippen molar-refractivity contribution < 1.29 is 9.90 Å². The molecule has 3 atom stereocenters. The molecule has 1 heterocycles. The summed E-state index contributed by atoms with van der Waals surface area (Å²) in [7, 11) is 0. The highest BCUT2D eigenvalue weighted by Crippen LogP contribution is 2.36. The van der Waals surface area contributed by atoms with E-state index in [0.717, 1.165) is 6.54 Å². The molecule has 1 saturated heterocycles. The van der Waals surface area contributed by atoms with Crippen LogP contribution in [0.15, 0.2) is 0 Å². The van der Waals surface area contributed by atoms with Gasteiger partial charge in [-0.15, -0.1) is 0 Å². The highest BCUT2D eigenvalue weighted by molar-refractivity contribution is 5.78. The van der Waals surface area contributed by atoms with Crippen LogP contribution in [0.2, 0.25) is 0 Å². The lowest BCUT2D eigenvalue weighted by Gasteiger charge is -2.16. The number of aliphatic hydroxyl groups excluding tert-OH is 1. The fourth-order valence-corrected chi connectivity index (χ4v) is 2.13. The summed E-state index contributed by atoms with van der Waals surface area (Å²) in [6, 6.07) is 0. The molecule has 4 heteroatoms. The van der Waals surface area contributed by atoms with Crippen LogP contribution >= 0.6 is 0 Å². The molecule has 0 aromatic rings. The molecule has 0 radical (unpaired) electrons. The van der Waals surface area contributed by atoms with Crippen LogP contribution in [-0.2, 0) is 4.79 Å². The topological polar surface area (TPSA) is 61.4 Å². The zero-order valence-electron chi connectivity index (χ0n) is 9.20. The monoisotopic (exact) mass is 212 g/mol. The van der Waals surface area contributed by atoms with Crippen molar-refractivity contribution in [3.8, 4) is 0 Å². The second kappa shape index (κ2) is 4.49. The van der Waals surface area contributed by atoms with Gasteiger partial charge in [-0.05, 0) is 18.8 Å². The highest BCUT2D eigenvalue weighted by Gasteiger charge is 2.33. The van der Waals surface area contributed by atoms with Crippen molar-refractivity contribution in [3.05, 3.63) is 0 Å². The fraction of sp³-hybridized carbons (Fsp3) is 0.909. The van der Waals surface area contributed by atoms with E-state index in [4.69, 9.17) is 0 Å². The quantitative estimate of drug-likeness (QED) is 0.601. The summed E-state index contributed by atoms with van der Waals surface area (Å²) in [5.74, 6) is 1.09. The first-order valence-electron chi connectivity index (χ1n) is 5.85. The van der Waals surface area contributed by atoms with Gasteiger partial charge in [0.2, 0.25) is 5.91 Å². The molecule has 1 aliphatic heterocycles. The minimum atomic E-state index is -0.304. The maximum atomic E-state index is 11.7. The number of aliphatic hydroxyl groups is 1. The molecule has 2 aliphatic rings. The Hall–Kier alpha value is -0.610. The van der Waals surface area contributed by atoms with Crippen LogP contribution in [0.4, 0.5) is 0 Å². The maximum absolute atomic E-state index is 11.7. The summed E-state index contributed by atoms with van der Waals surface area (Å²) < 4.78 is 0. The lowest BCUT2D eigenvalue weighted by molar-refractivity contribution is -0.125. The summed E-state index contributed by atoms with van der Waals surface area (Å²) in [5.41, 5.74) is 0. The molecule has 2 rings (SSSR count). The molecule has 0 aromatic heterocycles. The van der Waals surface area contributed by atoms with Crippen LogP contribution in [0.5, 0.6) is 0 Å². The second-order valence-electron chi connectivity index (χ2n) is 4.86. The molecule has 2 fully saturated rings. The summed E-state index contributed by atoms with van der Waals surface area (Å²) in [5, 5.41) is 15.6. The summed E-state index contributed by atoms with van der Waals surface area (Å²) in [6.45, 7) is 4.05. The van der Waals surface area contributed by atoms with Crippen LogP contribution in [0.25, 0.3) is 0 Å². The maximum Gasteiger partial charge on any atom is 0.223 e. The molecular formula is C11H20N2O2. The first kappa shape index (κ1) is 10.9. The zero-order chi connectivity index (χ0) is 10.8. The number of rotatable bonds is 4. The van der Waals surface area contributed by atoms with Gasteiger partial charge in [-0.2, -0.15) is 0 Å². The Morgan fingerprint density at radius 2 is 2.27 bits per heavy atom. The Bertz CT molecular complexity index is 241. The van der Waals surface area contributed by atoms with Crippen LogP contribution in [-0.4, -0.2) is 36.8 Å². The molecule has 1 amide bonds. The number of amides is 1. The standard InChI is InChI=1S/C11H20N2O2/c1-7(8-2-3-8)11(15)13-5-9-4-12-6-10(9)14/h7-10,12,14H,2-6H2,1H3,(H,13,15). The van der Waals surface area contributed by atoms with E-state index in [0.29, 0.717) is 19.0 Å². The Labute approximate surface area is 90.4 Å². The zero-order valence-corrected chi connectivity index (χ0v) is 9.20. The first-order valence-corrected chi connectivity index (χ1v) is 5.85. The molecule has 1 saturated carbocycles. The Morgan fingerprint density at radius 3 is 2.80 bits per heavy atom. The summed E-state index contributed by atoms with van der Waals surface area (Å²) in [4.78, 5) is 11.7. The third kappa shape index (κ3) is 2.69. The minimum Gasteiger partial charge on any atom is -0.391 e. The number of carbonyl (C=O) groups is 1. The van der Waals surface area contributed by atoms with Crippen molar-refractivity contribution in [2.45, 2.75) is 25.9 Å². The Morgan fingerprint density at radius 1 is 1.53 bits per heavy atom. The molecule has 1 aliphatic carbocycles. The smallest absolute Gasteiger partial charge is 0.223 e. The van der Waals surface area contributed by atoms with Gasteiger partial charge in [-0.25, -0.2) is 0 Å². The molecule has 3 N–H and O–H groups in total. The lowest BCUT2D eigenvalue weighted by Crippen LogP contribution is -2.37.